The monoisotopic (exact) mass is 264 g/mol. The summed E-state index contributed by atoms with van der Waals surface area (Å²) in [6.07, 6.45) is -3.64. The molecule has 2 aliphatic rings. The van der Waals surface area contributed by atoms with Crippen molar-refractivity contribution in [3.05, 3.63) is 29.3 Å². The Labute approximate surface area is 116 Å². The first-order chi connectivity index (χ1) is 10.9. The maximum Gasteiger partial charge on any atom is 0.255 e. The number of rotatable bonds is 1. The Bertz CT molecular complexity index is 797. The van der Waals surface area contributed by atoms with Gasteiger partial charge in [-0.1, -0.05) is 6.07 Å². The molecule has 1 unspecified atom stereocenters. The average Bonchev–Trinajstić information content (AvgIpc) is 2.64. The van der Waals surface area contributed by atoms with Crippen LogP contribution in [0.1, 0.15) is 35.6 Å². The van der Waals surface area contributed by atoms with Gasteiger partial charge in [0.2, 0.25) is 11.8 Å². The molecule has 3 amide bonds. The van der Waals surface area contributed by atoms with Crippen molar-refractivity contribution >= 4 is 23.4 Å². The molecule has 0 aromatic heterocycles. The summed E-state index contributed by atoms with van der Waals surface area (Å²) in [4.78, 5) is 36.6. The second-order valence-electron chi connectivity index (χ2n) is 4.10. The second-order valence-corrected chi connectivity index (χ2v) is 4.10. The third-order valence-corrected chi connectivity index (χ3v) is 2.86. The number of nitrogens with two attached hydrogens (primary N) is 1. The van der Waals surface area contributed by atoms with Crippen LogP contribution in [0.15, 0.2) is 18.2 Å². The summed E-state index contributed by atoms with van der Waals surface area (Å²) in [5.74, 6) is -3.37. The van der Waals surface area contributed by atoms with E-state index in [2.05, 4.69) is 0 Å². The zero-order valence-electron chi connectivity index (χ0n) is 14.7. The zero-order valence-corrected chi connectivity index (χ0v) is 9.69. The van der Waals surface area contributed by atoms with Crippen molar-refractivity contribution in [1.82, 2.24) is 10.2 Å². The van der Waals surface area contributed by atoms with Gasteiger partial charge in [0.15, 0.2) is 0 Å². The number of nitrogens with one attached hydrogen (secondary N) is 1. The molecule has 98 valence electrons. The minimum Gasteiger partial charge on any atom is -0.398 e. The van der Waals surface area contributed by atoms with Gasteiger partial charge in [-0.25, -0.2) is 0 Å². The van der Waals surface area contributed by atoms with Crippen molar-refractivity contribution in [2.75, 3.05) is 5.73 Å². The summed E-state index contributed by atoms with van der Waals surface area (Å²) in [5.41, 5.74) is 5.32. The van der Waals surface area contributed by atoms with Crippen LogP contribution in [0.3, 0.4) is 0 Å². The van der Waals surface area contributed by atoms with Crippen molar-refractivity contribution in [2.45, 2.75) is 25.3 Å². The second kappa shape index (κ2) is 4.08. The van der Waals surface area contributed by atoms with Crippen LogP contribution < -0.4 is 11.1 Å². The number of imide groups is 1. The molecule has 0 saturated carbocycles. The van der Waals surface area contributed by atoms with Crippen LogP contribution in [0.4, 0.5) is 5.69 Å². The number of hydrogen-bond donors (Lipinski definition) is 2. The van der Waals surface area contributed by atoms with Crippen LogP contribution in [0.2, 0.25) is 0 Å². The van der Waals surface area contributed by atoms with Gasteiger partial charge in [0.05, 0.1) is 4.11 Å². The number of nitrogen functional groups attached to an aromatic ring is 1. The van der Waals surface area contributed by atoms with E-state index in [0.717, 1.165) is 0 Å². The molecule has 1 aromatic rings. The molecule has 1 fully saturated rings. The normalized spacial score (nSPS) is 35.5. The molecule has 6 heteroatoms. The Morgan fingerprint density at radius 1 is 1.42 bits per heavy atom. The Kier molecular flexibility index (Phi) is 1.56. The minimum atomic E-state index is -2.97. The van der Waals surface area contributed by atoms with E-state index in [1.54, 1.807) is 5.32 Å². The van der Waals surface area contributed by atoms with E-state index in [1.807, 2.05) is 0 Å². The first-order valence-corrected chi connectivity index (χ1v) is 5.52. The smallest absolute Gasteiger partial charge is 0.255 e. The maximum atomic E-state index is 12.7. The first kappa shape index (κ1) is 7.28. The number of amides is 3. The van der Waals surface area contributed by atoms with Gasteiger partial charge >= 0.3 is 0 Å². The van der Waals surface area contributed by atoms with Gasteiger partial charge in [-0.2, -0.15) is 0 Å². The number of anilines is 1. The first-order valence-electron chi connectivity index (χ1n) is 8.02. The summed E-state index contributed by atoms with van der Waals surface area (Å²) in [7, 11) is 0. The van der Waals surface area contributed by atoms with Crippen molar-refractivity contribution < 1.29 is 21.2 Å². The van der Waals surface area contributed by atoms with E-state index in [-0.39, 0.29) is 21.7 Å². The maximum absolute atomic E-state index is 12.7. The molecule has 1 saturated heterocycles. The third kappa shape index (κ3) is 1.76. The topological polar surface area (TPSA) is 92.5 Å². The predicted molar refractivity (Wildman–Crippen MR) is 66.9 cm³/mol. The standard InChI is InChI=1S/C13H13N3O3/c14-9-3-1-2-7-8(9)6-16(13(7)19)10-4-5-11(17)15-12(10)18/h1-3,10H,4-6,14H2,(H,15,17,18)/i4D2,6D2,10D. The SMILES string of the molecule is [2H]C1([2H])c2c(N)cccc2C(=O)N1C1([2H])C(=O)NC(=O)CC1([2H])[2H]. The Morgan fingerprint density at radius 3 is 2.89 bits per heavy atom. The number of nitrogens with zero attached hydrogens (tertiary/aromatic N) is 1. The average molecular weight is 264 g/mol. The van der Waals surface area contributed by atoms with Gasteiger partial charge in [0.1, 0.15) is 6.02 Å². The van der Waals surface area contributed by atoms with E-state index in [9.17, 15) is 14.4 Å². The van der Waals surface area contributed by atoms with E-state index >= 15 is 0 Å². The van der Waals surface area contributed by atoms with Crippen LogP contribution in [0, 0.1) is 0 Å². The molecule has 6 nitrogen and oxygen atoms in total. The number of carbonyl (C=O) groups is 3. The molecule has 0 radical (unpaired) electrons. The van der Waals surface area contributed by atoms with Crippen LogP contribution in [-0.2, 0) is 16.1 Å². The molecule has 3 rings (SSSR count). The molecule has 19 heavy (non-hydrogen) atoms. The van der Waals surface area contributed by atoms with Crippen molar-refractivity contribution in [3.8, 4) is 0 Å². The van der Waals surface area contributed by atoms with E-state index in [1.165, 1.54) is 18.2 Å². The molecule has 3 N–H and O–H groups in total. The number of hydrogen-bond acceptors (Lipinski definition) is 4. The fourth-order valence-corrected chi connectivity index (χ4v) is 1.97. The Morgan fingerprint density at radius 2 is 2.21 bits per heavy atom. The molecule has 1 aromatic carbocycles. The molecule has 0 aliphatic carbocycles. The van der Waals surface area contributed by atoms with E-state index in [0.29, 0.717) is 0 Å². The van der Waals surface area contributed by atoms with E-state index in [4.69, 9.17) is 12.6 Å². The molecule has 2 aliphatic heterocycles. The van der Waals surface area contributed by atoms with Crippen molar-refractivity contribution in [1.29, 1.82) is 0 Å². The quantitative estimate of drug-likeness (QED) is 0.553. The number of fused-ring (bicyclic) bond motifs is 1. The van der Waals surface area contributed by atoms with Gasteiger partial charge in [0, 0.05) is 32.5 Å². The largest absolute Gasteiger partial charge is 0.398 e. The van der Waals surface area contributed by atoms with Gasteiger partial charge in [-0.05, 0) is 18.5 Å². The lowest BCUT2D eigenvalue weighted by Crippen LogP contribution is -2.52. The fourth-order valence-electron chi connectivity index (χ4n) is 1.97. The number of piperidine rings is 1. The Hall–Kier alpha value is -2.37. The number of benzene rings is 1. The summed E-state index contributed by atoms with van der Waals surface area (Å²) < 4.78 is 40.6. The Balaban J connectivity index is 2.23. The van der Waals surface area contributed by atoms with Crippen molar-refractivity contribution in [3.63, 3.8) is 0 Å². The van der Waals surface area contributed by atoms with Gasteiger partial charge in [-0.3, -0.25) is 19.7 Å². The molecular formula is C13H13N3O3. The van der Waals surface area contributed by atoms with Gasteiger partial charge in [0.25, 0.3) is 5.91 Å². The lowest BCUT2D eigenvalue weighted by molar-refractivity contribution is -0.136. The fraction of sp³-hybridized carbons (Fsp3) is 0.308. The molecule has 0 spiro atoms. The number of carbonyl (C=O) groups excluding carboxylic acids is 3. The highest BCUT2D eigenvalue weighted by atomic mass is 16.2. The lowest BCUT2D eigenvalue weighted by Gasteiger charge is -2.29. The predicted octanol–water partition coefficient (Wildman–Crippen LogP) is 0.0298. The highest BCUT2D eigenvalue weighted by Gasteiger charge is 2.39. The highest BCUT2D eigenvalue weighted by Crippen LogP contribution is 2.30. The molecule has 1 atom stereocenters. The molecular weight excluding hydrogens is 246 g/mol. The van der Waals surface area contributed by atoms with Crippen LogP contribution >= 0.6 is 0 Å². The van der Waals surface area contributed by atoms with Gasteiger partial charge < -0.3 is 10.6 Å². The van der Waals surface area contributed by atoms with E-state index < -0.39 is 43.0 Å². The summed E-state index contributed by atoms with van der Waals surface area (Å²) >= 11 is 0. The van der Waals surface area contributed by atoms with Crippen LogP contribution in [-0.4, -0.2) is 28.6 Å². The third-order valence-electron chi connectivity index (χ3n) is 2.86. The minimum absolute atomic E-state index is 0.0511. The highest BCUT2D eigenvalue weighted by molar-refractivity contribution is 6.06. The summed E-state index contributed by atoms with van der Waals surface area (Å²) in [6.45, 7) is -2.69. The van der Waals surface area contributed by atoms with Crippen LogP contribution in [0.5, 0.6) is 0 Å². The molecule has 0 bridgehead atoms. The van der Waals surface area contributed by atoms with Crippen LogP contribution in [0.25, 0.3) is 0 Å². The van der Waals surface area contributed by atoms with Crippen molar-refractivity contribution in [2.24, 2.45) is 0 Å². The summed E-state index contributed by atoms with van der Waals surface area (Å²) in [5, 5.41) is 1.80. The zero-order chi connectivity index (χ0) is 18.1. The molecule has 2 heterocycles. The van der Waals surface area contributed by atoms with Gasteiger partial charge in [-0.15, -0.1) is 0 Å². The summed E-state index contributed by atoms with van der Waals surface area (Å²) in [6, 6.07) is 1.11. The lowest BCUT2D eigenvalue weighted by atomic mass is 10.0.